The zero-order valence-corrected chi connectivity index (χ0v) is 11.9. The molecule has 0 spiro atoms. The van der Waals surface area contributed by atoms with Gasteiger partial charge in [-0.15, -0.1) is 0 Å². The second-order valence-electron chi connectivity index (χ2n) is 5.04. The van der Waals surface area contributed by atoms with Crippen LogP contribution in [0.2, 0.25) is 0 Å². The van der Waals surface area contributed by atoms with Crippen molar-refractivity contribution < 1.29 is 19.4 Å². The van der Waals surface area contributed by atoms with Gasteiger partial charge in [0.1, 0.15) is 5.75 Å². The number of carboxylic acids is 1. The van der Waals surface area contributed by atoms with Gasteiger partial charge in [0.05, 0.1) is 12.5 Å². The van der Waals surface area contributed by atoms with Crippen LogP contribution in [0.4, 0.5) is 4.79 Å². The van der Waals surface area contributed by atoms with Crippen LogP contribution in [-0.2, 0) is 11.3 Å². The van der Waals surface area contributed by atoms with Crippen molar-refractivity contribution in [3.8, 4) is 5.75 Å². The van der Waals surface area contributed by atoms with E-state index in [1.54, 1.807) is 21.0 Å². The fourth-order valence-electron chi connectivity index (χ4n) is 1.46. The Hall–Kier alpha value is -2.24. The summed E-state index contributed by atoms with van der Waals surface area (Å²) in [6, 6.07) is 6.94. The predicted octanol–water partition coefficient (Wildman–Crippen LogP) is 1.61. The maximum atomic E-state index is 11.6. The molecule has 0 saturated heterocycles. The van der Waals surface area contributed by atoms with Crippen molar-refractivity contribution >= 4 is 12.0 Å². The monoisotopic (exact) mass is 280 g/mol. The number of carbonyl (C=O) groups is 2. The molecule has 1 rings (SSSR count). The SMILES string of the molecule is COc1ccccc1CNC(=O)NCC(C)(C)C(=O)O. The first-order valence-corrected chi connectivity index (χ1v) is 6.24. The summed E-state index contributed by atoms with van der Waals surface area (Å²) >= 11 is 0. The minimum Gasteiger partial charge on any atom is -0.496 e. The highest BCUT2D eigenvalue weighted by atomic mass is 16.5. The molecule has 0 unspecified atom stereocenters. The number of rotatable bonds is 6. The van der Waals surface area contributed by atoms with Crippen LogP contribution in [-0.4, -0.2) is 30.8 Å². The summed E-state index contributed by atoms with van der Waals surface area (Å²) in [5.74, 6) is -0.263. The molecule has 0 aromatic heterocycles. The number of ether oxygens (including phenoxy) is 1. The summed E-state index contributed by atoms with van der Waals surface area (Å²) in [5.41, 5.74) is -0.149. The molecule has 0 saturated carbocycles. The van der Waals surface area contributed by atoms with Crippen LogP contribution in [0.5, 0.6) is 5.75 Å². The largest absolute Gasteiger partial charge is 0.496 e. The number of nitrogens with one attached hydrogen (secondary N) is 2. The molecule has 1 aromatic carbocycles. The number of para-hydroxylation sites is 1. The van der Waals surface area contributed by atoms with E-state index < -0.39 is 17.4 Å². The third kappa shape index (κ3) is 4.46. The number of hydrogen-bond donors (Lipinski definition) is 3. The van der Waals surface area contributed by atoms with Crippen molar-refractivity contribution in [1.82, 2.24) is 10.6 Å². The van der Waals surface area contributed by atoms with Crippen LogP contribution in [0, 0.1) is 5.41 Å². The minimum atomic E-state index is -0.998. The Bertz CT molecular complexity index is 486. The van der Waals surface area contributed by atoms with Gasteiger partial charge < -0.3 is 20.5 Å². The van der Waals surface area contributed by atoms with Gasteiger partial charge >= 0.3 is 12.0 Å². The van der Waals surface area contributed by atoms with Gasteiger partial charge in [0.15, 0.2) is 0 Å². The Labute approximate surface area is 118 Å². The molecule has 0 aliphatic carbocycles. The number of carbonyl (C=O) groups excluding carboxylic acids is 1. The Balaban J connectivity index is 2.46. The fourth-order valence-corrected chi connectivity index (χ4v) is 1.46. The van der Waals surface area contributed by atoms with E-state index in [1.807, 2.05) is 24.3 Å². The van der Waals surface area contributed by atoms with E-state index >= 15 is 0 Å². The van der Waals surface area contributed by atoms with Gasteiger partial charge in [0.25, 0.3) is 0 Å². The van der Waals surface area contributed by atoms with Crippen LogP contribution < -0.4 is 15.4 Å². The maximum Gasteiger partial charge on any atom is 0.315 e. The van der Waals surface area contributed by atoms with Gasteiger partial charge in [-0.3, -0.25) is 4.79 Å². The normalized spacial score (nSPS) is 10.8. The molecular formula is C14H20N2O4. The van der Waals surface area contributed by atoms with E-state index in [-0.39, 0.29) is 6.54 Å². The summed E-state index contributed by atoms with van der Waals surface area (Å²) in [7, 11) is 1.56. The lowest BCUT2D eigenvalue weighted by molar-refractivity contribution is -0.146. The molecule has 20 heavy (non-hydrogen) atoms. The number of carboxylic acid groups (broad SMARTS) is 1. The Morgan fingerprint density at radius 1 is 1.25 bits per heavy atom. The maximum absolute atomic E-state index is 11.6. The summed E-state index contributed by atoms with van der Waals surface area (Å²) in [5, 5.41) is 14.1. The standard InChI is InChI=1S/C14H20N2O4/c1-14(2,12(17)18)9-16-13(19)15-8-10-6-4-5-7-11(10)20-3/h4-7H,8-9H2,1-3H3,(H,17,18)(H2,15,16,19). The quantitative estimate of drug-likeness (QED) is 0.738. The second kappa shape index (κ2) is 6.79. The summed E-state index contributed by atoms with van der Waals surface area (Å²) in [4.78, 5) is 22.5. The van der Waals surface area contributed by atoms with E-state index in [0.717, 1.165) is 5.56 Å². The zero-order chi connectivity index (χ0) is 15.2. The van der Waals surface area contributed by atoms with Gasteiger partial charge in [-0.2, -0.15) is 0 Å². The van der Waals surface area contributed by atoms with E-state index in [9.17, 15) is 9.59 Å². The van der Waals surface area contributed by atoms with E-state index in [1.165, 1.54) is 0 Å². The van der Waals surface area contributed by atoms with Gasteiger partial charge in [-0.1, -0.05) is 18.2 Å². The Kier molecular flexibility index (Phi) is 5.37. The molecule has 0 aliphatic rings. The highest BCUT2D eigenvalue weighted by Crippen LogP contribution is 2.16. The van der Waals surface area contributed by atoms with Crippen LogP contribution in [0.15, 0.2) is 24.3 Å². The molecule has 0 radical (unpaired) electrons. The third-order valence-electron chi connectivity index (χ3n) is 2.90. The Morgan fingerprint density at radius 2 is 1.90 bits per heavy atom. The lowest BCUT2D eigenvalue weighted by Gasteiger charge is -2.19. The van der Waals surface area contributed by atoms with Gasteiger partial charge in [0.2, 0.25) is 0 Å². The van der Waals surface area contributed by atoms with Gasteiger partial charge in [0, 0.05) is 18.7 Å². The number of urea groups is 1. The van der Waals surface area contributed by atoms with E-state index in [0.29, 0.717) is 12.3 Å². The number of hydrogen-bond acceptors (Lipinski definition) is 3. The highest BCUT2D eigenvalue weighted by molar-refractivity contribution is 5.77. The molecule has 0 atom stereocenters. The third-order valence-corrected chi connectivity index (χ3v) is 2.90. The number of methoxy groups -OCH3 is 1. The minimum absolute atomic E-state index is 0.0556. The molecule has 0 aliphatic heterocycles. The van der Waals surface area contributed by atoms with Gasteiger partial charge in [-0.05, 0) is 19.9 Å². The van der Waals surface area contributed by atoms with Crippen molar-refractivity contribution in [2.75, 3.05) is 13.7 Å². The smallest absolute Gasteiger partial charge is 0.315 e. The first-order valence-electron chi connectivity index (χ1n) is 6.24. The first-order chi connectivity index (χ1) is 9.36. The average molecular weight is 280 g/mol. The highest BCUT2D eigenvalue weighted by Gasteiger charge is 2.27. The molecule has 0 heterocycles. The second-order valence-corrected chi connectivity index (χ2v) is 5.04. The van der Waals surface area contributed by atoms with Crippen LogP contribution >= 0.6 is 0 Å². The molecule has 1 aromatic rings. The van der Waals surface area contributed by atoms with Crippen LogP contribution in [0.25, 0.3) is 0 Å². The predicted molar refractivity (Wildman–Crippen MR) is 74.6 cm³/mol. The Morgan fingerprint density at radius 3 is 2.50 bits per heavy atom. The molecule has 0 fully saturated rings. The number of benzene rings is 1. The molecule has 0 bridgehead atoms. The number of amides is 2. The molecule has 6 heteroatoms. The lowest BCUT2D eigenvalue weighted by atomic mass is 9.94. The van der Waals surface area contributed by atoms with Crippen molar-refractivity contribution in [3.63, 3.8) is 0 Å². The first kappa shape index (κ1) is 15.8. The van der Waals surface area contributed by atoms with Gasteiger partial charge in [-0.25, -0.2) is 4.79 Å². The molecule has 6 nitrogen and oxygen atoms in total. The van der Waals surface area contributed by atoms with E-state index in [4.69, 9.17) is 9.84 Å². The van der Waals surface area contributed by atoms with Crippen molar-refractivity contribution in [2.45, 2.75) is 20.4 Å². The topological polar surface area (TPSA) is 87.7 Å². The van der Waals surface area contributed by atoms with Crippen LogP contribution in [0.3, 0.4) is 0 Å². The average Bonchev–Trinajstić information content (AvgIpc) is 2.43. The summed E-state index contributed by atoms with van der Waals surface area (Å²) < 4.78 is 5.17. The van der Waals surface area contributed by atoms with Crippen molar-refractivity contribution in [2.24, 2.45) is 5.41 Å². The van der Waals surface area contributed by atoms with Crippen LogP contribution in [0.1, 0.15) is 19.4 Å². The lowest BCUT2D eigenvalue weighted by Crippen LogP contribution is -2.43. The van der Waals surface area contributed by atoms with Crippen molar-refractivity contribution in [1.29, 1.82) is 0 Å². The van der Waals surface area contributed by atoms with Crippen molar-refractivity contribution in [3.05, 3.63) is 29.8 Å². The summed E-state index contributed by atoms with van der Waals surface area (Å²) in [6.45, 7) is 3.47. The molecular weight excluding hydrogens is 260 g/mol. The van der Waals surface area contributed by atoms with E-state index in [2.05, 4.69) is 10.6 Å². The summed E-state index contributed by atoms with van der Waals surface area (Å²) in [6.07, 6.45) is 0. The molecule has 110 valence electrons. The molecule has 2 amide bonds. The number of aliphatic carboxylic acids is 1. The molecule has 3 N–H and O–H groups in total. The zero-order valence-electron chi connectivity index (χ0n) is 11.9. The fraction of sp³-hybridized carbons (Fsp3) is 0.429.